The Balaban J connectivity index is 2.08. The minimum Gasteiger partial charge on any atom is -0.299 e. The van der Waals surface area contributed by atoms with E-state index in [1.165, 1.54) is 0 Å². The van der Waals surface area contributed by atoms with Crippen molar-refractivity contribution in [2.24, 2.45) is 7.05 Å². The molecule has 0 aliphatic heterocycles. The molecule has 0 aliphatic carbocycles. The molecule has 2 aromatic heterocycles. The average Bonchev–Trinajstić information content (AvgIpc) is 2.57. The molecule has 2 aromatic rings. The van der Waals surface area contributed by atoms with Crippen LogP contribution in [0, 0.1) is 6.92 Å². The van der Waals surface area contributed by atoms with Gasteiger partial charge in [0.2, 0.25) is 0 Å². The zero-order valence-electron chi connectivity index (χ0n) is 10.4. The van der Waals surface area contributed by atoms with Gasteiger partial charge >= 0.3 is 0 Å². The lowest BCUT2D eigenvalue weighted by Gasteiger charge is -2.01. The van der Waals surface area contributed by atoms with Crippen LogP contribution in [0.5, 0.6) is 0 Å². The summed E-state index contributed by atoms with van der Waals surface area (Å²) in [5.74, 6) is 0.124. The van der Waals surface area contributed by atoms with Gasteiger partial charge in [-0.1, -0.05) is 11.6 Å². The number of hydrogen-bond acceptors (Lipinski definition) is 3. The molecule has 0 saturated heterocycles. The van der Waals surface area contributed by atoms with Crippen molar-refractivity contribution in [3.05, 3.63) is 46.5 Å². The summed E-state index contributed by atoms with van der Waals surface area (Å²) in [6.07, 6.45) is 4.09. The van der Waals surface area contributed by atoms with E-state index >= 15 is 0 Å². The van der Waals surface area contributed by atoms with Crippen molar-refractivity contribution in [2.45, 2.75) is 19.8 Å². The maximum absolute atomic E-state index is 12.0. The monoisotopic (exact) mass is 263 g/mol. The third-order valence-corrected chi connectivity index (χ3v) is 3.27. The molecule has 0 radical (unpaired) electrons. The SMILES string of the molecule is Cc1nn(C)c(Cl)c1CC(=O)Cc1ccncc1. The predicted molar refractivity (Wildman–Crippen MR) is 69.6 cm³/mol. The Morgan fingerprint density at radius 3 is 2.56 bits per heavy atom. The Morgan fingerprint density at radius 2 is 2.00 bits per heavy atom. The quantitative estimate of drug-likeness (QED) is 0.849. The maximum atomic E-state index is 12.0. The number of rotatable bonds is 4. The lowest BCUT2D eigenvalue weighted by atomic mass is 10.0. The summed E-state index contributed by atoms with van der Waals surface area (Å²) in [5.41, 5.74) is 2.59. The molecule has 0 spiro atoms. The summed E-state index contributed by atoms with van der Waals surface area (Å²) < 4.78 is 1.59. The van der Waals surface area contributed by atoms with Crippen LogP contribution in [0.1, 0.15) is 16.8 Å². The van der Waals surface area contributed by atoms with Crippen molar-refractivity contribution < 1.29 is 4.79 Å². The second-order valence-electron chi connectivity index (χ2n) is 4.23. The Bertz CT molecular complexity index is 563. The smallest absolute Gasteiger partial charge is 0.141 e. The summed E-state index contributed by atoms with van der Waals surface area (Å²) in [6, 6.07) is 3.69. The molecule has 0 fully saturated rings. The van der Waals surface area contributed by atoms with Crippen LogP contribution in [-0.4, -0.2) is 20.5 Å². The molecule has 0 unspecified atom stereocenters. The first-order chi connectivity index (χ1) is 8.58. The number of carbonyl (C=O) groups excluding carboxylic acids is 1. The van der Waals surface area contributed by atoms with Crippen LogP contribution in [0.2, 0.25) is 5.15 Å². The highest BCUT2D eigenvalue weighted by molar-refractivity contribution is 6.30. The van der Waals surface area contributed by atoms with Gasteiger partial charge in [-0.3, -0.25) is 14.5 Å². The first-order valence-corrected chi connectivity index (χ1v) is 6.04. The van der Waals surface area contributed by atoms with Crippen molar-refractivity contribution in [3.63, 3.8) is 0 Å². The number of nitrogens with zero attached hydrogens (tertiary/aromatic N) is 3. The van der Waals surface area contributed by atoms with Crippen LogP contribution >= 0.6 is 11.6 Å². The highest BCUT2D eigenvalue weighted by atomic mass is 35.5. The molecule has 0 N–H and O–H groups in total. The fourth-order valence-electron chi connectivity index (χ4n) is 1.86. The van der Waals surface area contributed by atoms with Crippen LogP contribution in [0.15, 0.2) is 24.5 Å². The standard InChI is InChI=1S/C13H14ClN3O/c1-9-12(13(14)17(2)16-9)8-11(18)7-10-3-5-15-6-4-10/h3-6H,7-8H2,1-2H3. The lowest BCUT2D eigenvalue weighted by molar-refractivity contribution is -0.117. The number of halogens is 1. The second kappa shape index (κ2) is 5.31. The molecule has 5 heteroatoms. The summed E-state index contributed by atoms with van der Waals surface area (Å²) >= 11 is 6.10. The van der Waals surface area contributed by atoms with Crippen LogP contribution in [0.3, 0.4) is 0 Å². The Hall–Kier alpha value is -1.68. The van der Waals surface area contributed by atoms with Crippen molar-refractivity contribution in [1.29, 1.82) is 0 Å². The van der Waals surface area contributed by atoms with Gasteiger partial charge in [-0.2, -0.15) is 5.10 Å². The van der Waals surface area contributed by atoms with Gasteiger partial charge < -0.3 is 0 Å². The molecule has 18 heavy (non-hydrogen) atoms. The van der Waals surface area contributed by atoms with Crippen LogP contribution in [0.25, 0.3) is 0 Å². The normalized spacial score (nSPS) is 10.6. The number of carbonyl (C=O) groups is 1. The van der Waals surface area contributed by atoms with E-state index in [0.717, 1.165) is 16.8 Å². The number of pyridine rings is 1. The first kappa shape index (κ1) is 12.8. The molecular formula is C13H14ClN3O. The minimum atomic E-state index is 0.124. The Kier molecular flexibility index (Phi) is 3.77. The molecule has 4 nitrogen and oxygen atoms in total. The first-order valence-electron chi connectivity index (χ1n) is 5.66. The van der Waals surface area contributed by atoms with Gasteiger partial charge in [0.15, 0.2) is 0 Å². The van der Waals surface area contributed by atoms with E-state index in [9.17, 15) is 4.79 Å². The fourth-order valence-corrected chi connectivity index (χ4v) is 2.10. The predicted octanol–water partition coefficient (Wildman–Crippen LogP) is 2.13. The average molecular weight is 264 g/mol. The largest absolute Gasteiger partial charge is 0.299 e. The molecule has 94 valence electrons. The third kappa shape index (κ3) is 2.76. The van der Waals surface area contributed by atoms with Crippen LogP contribution < -0.4 is 0 Å². The molecule has 0 bridgehead atoms. The third-order valence-electron chi connectivity index (χ3n) is 2.79. The maximum Gasteiger partial charge on any atom is 0.141 e. The molecule has 0 saturated carbocycles. The van der Waals surface area contributed by atoms with Gasteiger partial charge in [-0.25, -0.2) is 0 Å². The summed E-state index contributed by atoms with van der Waals surface area (Å²) in [7, 11) is 1.77. The van der Waals surface area contributed by atoms with Crippen molar-refractivity contribution in [3.8, 4) is 0 Å². The summed E-state index contributed by atoms with van der Waals surface area (Å²) in [6.45, 7) is 1.86. The lowest BCUT2D eigenvalue weighted by Crippen LogP contribution is -2.07. The van der Waals surface area contributed by atoms with E-state index in [1.807, 2.05) is 19.1 Å². The zero-order valence-corrected chi connectivity index (χ0v) is 11.1. The van der Waals surface area contributed by atoms with Gasteiger partial charge in [0.1, 0.15) is 10.9 Å². The van der Waals surface area contributed by atoms with E-state index in [1.54, 1.807) is 24.1 Å². The second-order valence-corrected chi connectivity index (χ2v) is 4.58. The molecule has 0 atom stereocenters. The highest BCUT2D eigenvalue weighted by Crippen LogP contribution is 2.19. The van der Waals surface area contributed by atoms with E-state index < -0.39 is 0 Å². The van der Waals surface area contributed by atoms with E-state index in [2.05, 4.69) is 10.1 Å². The molecule has 0 amide bonds. The summed E-state index contributed by atoms with van der Waals surface area (Å²) in [5, 5.41) is 4.73. The van der Waals surface area contributed by atoms with E-state index in [-0.39, 0.29) is 5.78 Å². The van der Waals surface area contributed by atoms with Crippen LogP contribution in [-0.2, 0) is 24.7 Å². The van der Waals surface area contributed by atoms with E-state index in [4.69, 9.17) is 11.6 Å². The summed E-state index contributed by atoms with van der Waals surface area (Å²) in [4.78, 5) is 15.9. The van der Waals surface area contributed by atoms with E-state index in [0.29, 0.717) is 18.0 Å². The van der Waals surface area contributed by atoms with Gasteiger partial charge in [0.05, 0.1) is 5.69 Å². The van der Waals surface area contributed by atoms with Crippen molar-refractivity contribution >= 4 is 17.4 Å². The van der Waals surface area contributed by atoms with Crippen molar-refractivity contribution in [2.75, 3.05) is 0 Å². The number of aromatic nitrogens is 3. The Morgan fingerprint density at radius 1 is 1.33 bits per heavy atom. The molecule has 2 rings (SSSR count). The van der Waals surface area contributed by atoms with Crippen molar-refractivity contribution in [1.82, 2.24) is 14.8 Å². The van der Waals surface area contributed by atoms with Crippen LogP contribution in [0.4, 0.5) is 0 Å². The van der Waals surface area contributed by atoms with Gasteiger partial charge in [-0.15, -0.1) is 0 Å². The number of hydrogen-bond donors (Lipinski definition) is 0. The highest BCUT2D eigenvalue weighted by Gasteiger charge is 2.15. The molecule has 2 heterocycles. The number of ketones is 1. The zero-order chi connectivity index (χ0) is 13.1. The molecule has 0 aromatic carbocycles. The molecular weight excluding hydrogens is 250 g/mol. The Labute approximate surface area is 111 Å². The number of aryl methyl sites for hydroxylation is 2. The number of Topliss-reactive ketones (excluding diaryl/α,β-unsaturated/α-hetero) is 1. The van der Waals surface area contributed by atoms with Gasteiger partial charge in [-0.05, 0) is 24.6 Å². The topological polar surface area (TPSA) is 47.8 Å². The van der Waals surface area contributed by atoms with Gasteiger partial charge in [0.25, 0.3) is 0 Å². The van der Waals surface area contributed by atoms with Gasteiger partial charge in [0, 0.05) is 37.8 Å². The fraction of sp³-hybridized carbons (Fsp3) is 0.308. The minimum absolute atomic E-state index is 0.124. The molecule has 0 aliphatic rings.